The van der Waals surface area contributed by atoms with Crippen LogP contribution in [0.1, 0.15) is 22.5 Å². The zero-order valence-electron chi connectivity index (χ0n) is 15.8. The van der Waals surface area contributed by atoms with Crippen molar-refractivity contribution in [3.8, 4) is 11.6 Å². The lowest BCUT2D eigenvalue weighted by Gasteiger charge is -2.26. The molecule has 30 heavy (non-hydrogen) atoms. The summed E-state index contributed by atoms with van der Waals surface area (Å²) in [5, 5.41) is 10.1. The van der Waals surface area contributed by atoms with Gasteiger partial charge in [0.1, 0.15) is 18.5 Å². The Morgan fingerprint density at radius 3 is 2.97 bits per heavy atom. The molecule has 0 spiro atoms. The highest BCUT2D eigenvalue weighted by atomic mass is 35.5. The summed E-state index contributed by atoms with van der Waals surface area (Å²) in [4.78, 5) is 12.6. The monoisotopic (exact) mass is 444 g/mol. The van der Waals surface area contributed by atoms with Crippen LogP contribution in [-0.2, 0) is 13.0 Å². The molecule has 0 radical (unpaired) electrons. The molecule has 1 amide bonds. The molecule has 0 fully saturated rings. The number of nitrogens with one attached hydrogen (secondary N) is 2. The Labute approximate surface area is 175 Å². The zero-order chi connectivity index (χ0) is 21.3. The number of carbonyl (C=O) groups excluding carboxylic acids is 1. The predicted octanol–water partition coefficient (Wildman–Crippen LogP) is 2.57. The van der Waals surface area contributed by atoms with E-state index in [1.54, 1.807) is 16.8 Å². The molecule has 2 aliphatic rings. The van der Waals surface area contributed by atoms with Crippen molar-refractivity contribution < 1.29 is 27.4 Å². The number of alkyl halides is 3. The Kier molecular flexibility index (Phi) is 5.79. The van der Waals surface area contributed by atoms with Crippen LogP contribution >= 0.6 is 11.6 Å². The molecule has 7 nitrogen and oxygen atoms in total. The van der Waals surface area contributed by atoms with Crippen LogP contribution in [0.2, 0.25) is 5.02 Å². The largest absolute Gasteiger partial charge is 0.491 e. The van der Waals surface area contributed by atoms with Gasteiger partial charge in [0.15, 0.2) is 5.69 Å². The number of carbonyl (C=O) groups is 1. The van der Waals surface area contributed by atoms with Gasteiger partial charge in [-0.05, 0) is 30.2 Å². The molecule has 1 aromatic carbocycles. The number of hydrogen-bond donors (Lipinski definition) is 2. The third kappa shape index (κ3) is 4.99. The van der Waals surface area contributed by atoms with E-state index < -0.39 is 18.8 Å². The molecule has 1 aromatic heterocycles. The highest BCUT2D eigenvalue weighted by molar-refractivity contribution is 6.30. The lowest BCUT2D eigenvalue weighted by molar-refractivity contribution is -0.125. The van der Waals surface area contributed by atoms with Crippen LogP contribution in [0.5, 0.6) is 11.6 Å². The summed E-state index contributed by atoms with van der Waals surface area (Å²) in [6.07, 6.45) is -3.61. The zero-order valence-corrected chi connectivity index (χ0v) is 16.6. The van der Waals surface area contributed by atoms with Gasteiger partial charge in [0.25, 0.3) is 5.91 Å². The molecule has 2 N–H and O–H groups in total. The van der Waals surface area contributed by atoms with Crippen molar-refractivity contribution in [1.82, 2.24) is 20.4 Å². The van der Waals surface area contributed by atoms with Gasteiger partial charge in [-0.15, -0.1) is 0 Å². The van der Waals surface area contributed by atoms with Crippen LogP contribution in [0.3, 0.4) is 0 Å². The minimum absolute atomic E-state index is 0.0631. The molecule has 0 saturated heterocycles. The van der Waals surface area contributed by atoms with E-state index in [-0.39, 0.29) is 24.2 Å². The molecule has 0 unspecified atom stereocenters. The second-order valence-corrected chi connectivity index (χ2v) is 7.74. The van der Waals surface area contributed by atoms with Gasteiger partial charge in [0.05, 0.1) is 12.6 Å². The van der Waals surface area contributed by atoms with E-state index in [1.807, 2.05) is 6.07 Å². The molecule has 162 valence electrons. The predicted molar refractivity (Wildman–Crippen MR) is 102 cm³/mol. The topological polar surface area (TPSA) is 77.4 Å². The standard InChI is InChI=1S/C19H20ClF3N4O3/c20-12-1-2-16-11(5-12)6-13(9-29-16)25-18(28)15-7-17-27(26-15)4-3-14(30-17)8-24-10-19(21,22)23/h1-2,5,7,13-14,24H,3-4,6,8-10H2,(H,25,28)/t13-,14+/m1/s1. The molecule has 0 saturated carbocycles. The average molecular weight is 445 g/mol. The second-order valence-electron chi connectivity index (χ2n) is 7.30. The molecular weight excluding hydrogens is 425 g/mol. The van der Waals surface area contributed by atoms with E-state index in [0.29, 0.717) is 36.9 Å². The SMILES string of the molecule is O=C(N[C@H]1COc2ccc(Cl)cc2C1)c1cc2n(n1)CC[C@@H](CNCC(F)(F)F)O2. The van der Waals surface area contributed by atoms with E-state index in [0.717, 1.165) is 11.3 Å². The Bertz CT molecular complexity index is 934. The van der Waals surface area contributed by atoms with Gasteiger partial charge in [0, 0.05) is 30.6 Å². The molecule has 11 heteroatoms. The van der Waals surface area contributed by atoms with Gasteiger partial charge in [-0.3, -0.25) is 4.79 Å². The first kappa shape index (κ1) is 20.8. The van der Waals surface area contributed by atoms with E-state index in [9.17, 15) is 18.0 Å². The van der Waals surface area contributed by atoms with Gasteiger partial charge in [-0.1, -0.05) is 11.6 Å². The van der Waals surface area contributed by atoms with E-state index in [1.165, 1.54) is 6.07 Å². The first-order chi connectivity index (χ1) is 14.3. The molecule has 4 rings (SSSR count). The number of fused-ring (bicyclic) bond motifs is 2. The maximum Gasteiger partial charge on any atom is 0.401 e. The number of aromatic nitrogens is 2. The fourth-order valence-corrected chi connectivity index (χ4v) is 3.69. The maximum absolute atomic E-state index is 12.6. The number of benzene rings is 1. The van der Waals surface area contributed by atoms with Crippen molar-refractivity contribution >= 4 is 17.5 Å². The maximum atomic E-state index is 12.6. The summed E-state index contributed by atoms with van der Waals surface area (Å²) in [7, 11) is 0. The molecule has 0 bridgehead atoms. The Morgan fingerprint density at radius 2 is 2.17 bits per heavy atom. The summed E-state index contributed by atoms with van der Waals surface area (Å²) in [5.74, 6) is 0.745. The number of rotatable bonds is 5. The van der Waals surface area contributed by atoms with Gasteiger partial charge in [-0.2, -0.15) is 18.3 Å². The smallest absolute Gasteiger partial charge is 0.401 e. The average Bonchev–Trinajstić information content (AvgIpc) is 3.10. The van der Waals surface area contributed by atoms with Crippen LogP contribution < -0.4 is 20.1 Å². The lowest BCUT2D eigenvalue weighted by Crippen LogP contribution is -2.42. The molecule has 2 aromatic rings. The first-order valence-corrected chi connectivity index (χ1v) is 9.89. The van der Waals surface area contributed by atoms with Gasteiger partial charge >= 0.3 is 6.18 Å². The van der Waals surface area contributed by atoms with Crippen LogP contribution in [-0.4, -0.2) is 53.7 Å². The Balaban J connectivity index is 1.33. The summed E-state index contributed by atoms with van der Waals surface area (Å²) in [5.41, 5.74) is 1.10. The second kappa shape index (κ2) is 8.35. The molecule has 0 aliphatic carbocycles. The summed E-state index contributed by atoms with van der Waals surface area (Å²) in [6, 6.07) is 6.63. The number of aryl methyl sites for hydroxylation is 1. The minimum atomic E-state index is -4.27. The van der Waals surface area contributed by atoms with Crippen LogP contribution in [0.25, 0.3) is 0 Å². The third-order valence-electron chi connectivity index (χ3n) is 4.89. The highest BCUT2D eigenvalue weighted by Gasteiger charge is 2.29. The van der Waals surface area contributed by atoms with Crippen molar-refractivity contribution in [3.05, 3.63) is 40.5 Å². The first-order valence-electron chi connectivity index (χ1n) is 9.51. The number of ether oxygens (including phenoxy) is 2. The number of halogens is 4. The summed E-state index contributed by atoms with van der Waals surface area (Å²) < 4.78 is 49.7. The van der Waals surface area contributed by atoms with Gasteiger partial charge < -0.3 is 20.1 Å². The molecule has 2 atom stereocenters. The van der Waals surface area contributed by atoms with E-state index >= 15 is 0 Å². The van der Waals surface area contributed by atoms with Crippen LogP contribution in [0.4, 0.5) is 13.2 Å². The van der Waals surface area contributed by atoms with Crippen molar-refractivity contribution in [2.45, 2.75) is 37.7 Å². The van der Waals surface area contributed by atoms with Crippen molar-refractivity contribution in [3.63, 3.8) is 0 Å². The quantitative estimate of drug-likeness (QED) is 0.741. The minimum Gasteiger partial charge on any atom is -0.491 e. The lowest BCUT2D eigenvalue weighted by atomic mass is 10.0. The third-order valence-corrected chi connectivity index (χ3v) is 5.12. The Hall–Kier alpha value is -2.46. The fraction of sp³-hybridized carbons (Fsp3) is 0.474. The molecular formula is C19H20ClF3N4O3. The normalized spacial score (nSPS) is 20.5. The van der Waals surface area contributed by atoms with Crippen LogP contribution in [0, 0.1) is 0 Å². The van der Waals surface area contributed by atoms with Gasteiger partial charge in [0.2, 0.25) is 5.88 Å². The Morgan fingerprint density at radius 1 is 1.33 bits per heavy atom. The number of hydrogen-bond acceptors (Lipinski definition) is 5. The van der Waals surface area contributed by atoms with E-state index in [4.69, 9.17) is 21.1 Å². The van der Waals surface area contributed by atoms with Crippen molar-refractivity contribution in [2.75, 3.05) is 19.7 Å². The van der Waals surface area contributed by atoms with Gasteiger partial charge in [-0.25, -0.2) is 4.68 Å². The summed E-state index contributed by atoms with van der Waals surface area (Å²) >= 11 is 6.02. The number of amides is 1. The molecule has 3 heterocycles. The fourth-order valence-electron chi connectivity index (χ4n) is 3.50. The van der Waals surface area contributed by atoms with E-state index in [2.05, 4.69) is 15.7 Å². The molecule has 2 aliphatic heterocycles. The highest BCUT2D eigenvalue weighted by Crippen LogP contribution is 2.28. The van der Waals surface area contributed by atoms with Crippen molar-refractivity contribution in [2.24, 2.45) is 0 Å². The van der Waals surface area contributed by atoms with Crippen LogP contribution in [0.15, 0.2) is 24.3 Å². The number of nitrogens with zero attached hydrogens (tertiary/aromatic N) is 2. The summed E-state index contributed by atoms with van der Waals surface area (Å²) in [6.45, 7) is -0.220. The van der Waals surface area contributed by atoms with Crippen molar-refractivity contribution in [1.29, 1.82) is 0 Å².